The van der Waals surface area contributed by atoms with Crippen LogP contribution in [0.3, 0.4) is 0 Å². The van der Waals surface area contributed by atoms with E-state index in [2.05, 4.69) is 21.6 Å². The molecule has 2 heterocycles. The zero-order valence-electron chi connectivity index (χ0n) is 23.5. The lowest BCUT2D eigenvalue weighted by atomic mass is 9.96. The van der Waals surface area contributed by atoms with Crippen LogP contribution in [0.15, 0.2) is 91.0 Å². The molecule has 0 aliphatic heterocycles. The number of likely N-dealkylation sites (N-methyl/N-ethyl adjacent to an activating group) is 1. The Balaban J connectivity index is 1.44. The minimum atomic E-state index is -0.968. The van der Waals surface area contributed by atoms with E-state index in [0.29, 0.717) is 17.1 Å². The van der Waals surface area contributed by atoms with Crippen LogP contribution in [0.1, 0.15) is 10.4 Å². The van der Waals surface area contributed by atoms with Gasteiger partial charge in [0.1, 0.15) is 11.6 Å². The highest BCUT2D eigenvalue weighted by atomic mass is 35.5. The second-order valence-electron chi connectivity index (χ2n) is 10.4. The van der Waals surface area contributed by atoms with Gasteiger partial charge in [0.2, 0.25) is 0 Å². The molecule has 0 saturated carbocycles. The molecule has 2 aromatic heterocycles. The zero-order chi connectivity index (χ0) is 29.4. The number of aromatic carboxylic acids is 1. The number of imidazole rings is 1. The van der Waals surface area contributed by atoms with E-state index in [1.54, 1.807) is 19.2 Å². The third kappa shape index (κ3) is 5.32. The van der Waals surface area contributed by atoms with Crippen LogP contribution in [0.25, 0.3) is 55.7 Å². The van der Waals surface area contributed by atoms with Gasteiger partial charge in [-0.1, -0.05) is 35.9 Å². The average Bonchev–Trinajstić information content (AvgIpc) is 3.37. The summed E-state index contributed by atoms with van der Waals surface area (Å²) in [5.41, 5.74) is 7.43. The van der Waals surface area contributed by atoms with Gasteiger partial charge in [0, 0.05) is 34.6 Å². The number of aromatic nitrogens is 3. The molecule has 6 aromatic rings. The standard InChI is InChI=1S/C34H29ClN4O3/c1-38(2)16-17-39-32-15-8-24(34(40)41)19-31(32)37-33(39)23-7-13-29-22(18-23)6-14-30(36-29)28-20-26(42-3)11-12-27(28)21-4-9-25(35)10-5-21/h4-15,18-20H,16-17H2,1-3H3,(H,40,41). The summed E-state index contributed by atoms with van der Waals surface area (Å²) in [5.74, 6) is 0.574. The number of carboxylic acids is 1. The van der Waals surface area contributed by atoms with E-state index in [0.717, 1.165) is 62.5 Å². The largest absolute Gasteiger partial charge is 0.497 e. The Morgan fingerprint density at radius 1 is 0.857 bits per heavy atom. The van der Waals surface area contributed by atoms with Crippen LogP contribution in [-0.2, 0) is 6.54 Å². The van der Waals surface area contributed by atoms with E-state index < -0.39 is 5.97 Å². The molecular weight excluding hydrogens is 548 g/mol. The molecule has 210 valence electrons. The lowest BCUT2D eigenvalue weighted by Crippen LogP contribution is -2.18. The highest BCUT2D eigenvalue weighted by Gasteiger charge is 2.17. The molecule has 8 heteroatoms. The van der Waals surface area contributed by atoms with Crippen LogP contribution < -0.4 is 4.74 Å². The molecule has 0 aliphatic rings. The monoisotopic (exact) mass is 576 g/mol. The van der Waals surface area contributed by atoms with Gasteiger partial charge < -0.3 is 19.3 Å². The molecule has 0 atom stereocenters. The van der Waals surface area contributed by atoms with Crippen LogP contribution >= 0.6 is 11.6 Å². The average molecular weight is 577 g/mol. The number of halogens is 1. The SMILES string of the molecule is COc1ccc(-c2ccc(Cl)cc2)c(-c2ccc3cc(-c4nc5cc(C(=O)O)ccc5n4CCN(C)C)ccc3n2)c1. The zero-order valence-corrected chi connectivity index (χ0v) is 24.3. The summed E-state index contributed by atoms with van der Waals surface area (Å²) in [5, 5.41) is 11.2. The maximum absolute atomic E-state index is 11.6. The summed E-state index contributed by atoms with van der Waals surface area (Å²) >= 11 is 6.15. The summed E-state index contributed by atoms with van der Waals surface area (Å²) in [6.45, 7) is 1.53. The van der Waals surface area contributed by atoms with Gasteiger partial charge in [-0.05, 0) is 92.0 Å². The molecule has 0 radical (unpaired) electrons. The topological polar surface area (TPSA) is 80.5 Å². The summed E-state index contributed by atoms with van der Waals surface area (Å²) in [7, 11) is 5.72. The first-order valence-corrected chi connectivity index (χ1v) is 13.9. The van der Waals surface area contributed by atoms with Crippen molar-refractivity contribution in [3.05, 3.63) is 102 Å². The molecule has 0 spiro atoms. The van der Waals surface area contributed by atoms with Crippen LogP contribution in [0.5, 0.6) is 5.75 Å². The molecule has 7 nitrogen and oxygen atoms in total. The minimum absolute atomic E-state index is 0.220. The first-order valence-electron chi connectivity index (χ1n) is 13.5. The van der Waals surface area contributed by atoms with Crippen molar-refractivity contribution in [2.75, 3.05) is 27.7 Å². The van der Waals surface area contributed by atoms with Crippen molar-refractivity contribution < 1.29 is 14.6 Å². The van der Waals surface area contributed by atoms with Crippen LogP contribution in [-0.4, -0.2) is 58.3 Å². The predicted molar refractivity (Wildman–Crippen MR) is 168 cm³/mol. The van der Waals surface area contributed by atoms with E-state index in [1.807, 2.05) is 80.8 Å². The third-order valence-electron chi connectivity index (χ3n) is 7.37. The van der Waals surface area contributed by atoms with E-state index in [9.17, 15) is 9.90 Å². The van der Waals surface area contributed by atoms with Gasteiger partial charge in [0.05, 0.1) is 34.9 Å². The third-order valence-corrected chi connectivity index (χ3v) is 7.62. The van der Waals surface area contributed by atoms with Crippen molar-refractivity contribution in [3.63, 3.8) is 0 Å². The molecule has 0 fully saturated rings. The summed E-state index contributed by atoms with van der Waals surface area (Å²) in [4.78, 5) is 23.6. The lowest BCUT2D eigenvalue weighted by Gasteiger charge is -2.14. The highest BCUT2D eigenvalue weighted by molar-refractivity contribution is 6.30. The number of hydrogen-bond donors (Lipinski definition) is 1. The van der Waals surface area contributed by atoms with Crippen molar-refractivity contribution in [3.8, 4) is 39.5 Å². The first-order chi connectivity index (χ1) is 20.3. The molecule has 0 saturated heterocycles. The summed E-state index contributed by atoms with van der Waals surface area (Å²) < 4.78 is 7.69. The van der Waals surface area contributed by atoms with Crippen molar-refractivity contribution in [2.24, 2.45) is 0 Å². The van der Waals surface area contributed by atoms with Gasteiger partial charge >= 0.3 is 5.97 Å². The van der Waals surface area contributed by atoms with Gasteiger partial charge in [0.15, 0.2) is 0 Å². The van der Waals surface area contributed by atoms with Crippen molar-refractivity contribution in [1.29, 1.82) is 0 Å². The van der Waals surface area contributed by atoms with Gasteiger partial charge in [-0.25, -0.2) is 14.8 Å². The number of fused-ring (bicyclic) bond motifs is 2. The minimum Gasteiger partial charge on any atom is -0.497 e. The molecule has 0 amide bonds. The molecule has 0 unspecified atom stereocenters. The maximum atomic E-state index is 11.6. The van der Waals surface area contributed by atoms with Crippen LogP contribution in [0, 0.1) is 0 Å². The van der Waals surface area contributed by atoms with E-state index >= 15 is 0 Å². The number of benzene rings is 4. The molecule has 42 heavy (non-hydrogen) atoms. The molecule has 0 aliphatic carbocycles. The highest BCUT2D eigenvalue weighted by Crippen LogP contribution is 2.36. The second kappa shape index (κ2) is 11.3. The predicted octanol–water partition coefficient (Wildman–Crippen LogP) is 7.51. The Morgan fingerprint density at radius 2 is 1.64 bits per heavy atom. The van der Waals surface area contributed by atoms with Crippen molar-refractivity contribution in [2.45, 2.75) is 6.54 Å². The fraction of sp³-hybridized carbons (Fsp3) is 0.147. The Labute approximate surface area is 248 Å². The van der Waals surface area contributed by atoms with Crippen LogP contribution in [0.4, 0.5) is 0 Å². The lowest BCUT2D eigenvalue weighted by molar-refractivity contribution is 0.0697. The van der Waals surface area contributed by atoms with Crippen molar-refractivity contribution in [1.82, 2.24) is 19.4 Å². The van der Waals surface area contributed by atoms with E-state index in [4.69, 9.17) is 26.3 Å². The number of hydrogen-bond acceptors (Lipinski definition) is 5. The Morgan fingerprint density at radius 3 is 2.38 bits per heavy atom. The Bertz CT molecular complexity index is 1950. The molecular formula is C34H29ClN4O3. The Kier molecular flexibility index (Phi) is 7.37. The van der Waals surface area contributed by atoms with E-state index in [1.165, 1.54) is 0 Å². The van der Waals surface area contributed by atoms with Crippen molar-refractivity contribution >= 4 is 39.5 Å². The maximum Gasteiger partial charge on any atom is 0.335 e. The fourth-order valence-corrected chi connectivity index (χ4v) is 5.29. The number of pyridine rings is 1. The molecule has 6 rings (SSSR count). The number of nitrogens with zero attached hydrogens (tertiary/aromatic N) is 4. The quantitative estimate of drug-likeness (QED) is 0.202. The normalized spacial score (nSPS) is 11.5. The van der Waals surface area contributed by atoms with Gasteiger partial charge in [-0.15, -0.1) is 0 Å². The fourth-order valence-electron chi connectivity index (χ4n) is 5.17. The molecule has 4 aromatic carbocycles. The number of carboxylic acid groups (broad SMARTS) is 1. The second-order valence-corrected chi connectivity index (χ2v) is 10.9. The number of ether oxygens (including phenoxy) is 1. The number of methoxy groups -OCH3 is 1. The molecule has 0 bridgehead atoms. The molecule has 1 N–H and O–H groups in total. The number of rotatable bonds is 8. The summed E-state index contributed by atoms with van der Waals surface area (Å²) in [6.07, 6.45) is 0. The van der Waals surface area contributed by atoms with Gasteiger partial charge in [-0.3, -0.25) is 0 Å². The smallest absolute Gasteiger partial charge is 0.335 e. The Hall–Kier alpha value is -4.72. The summed E-state index contributed by atoms with van der Waals surface area (Å²) in [6, 6.07) is 29.1. The van der Waals surface area contributed by atoms with Gasteiger partial charge in [0.25, 0.3) is 0 Å². The number of carbonyl (C=O) groups is 1. The van der Waals surface area contributed by atoms with E-state index in [-0.39, 0.29) is 5.56 Å². The van der Waals surface area contributed by atoms with Crippen LogP contribution in [0.2, 0.25) is 5.02 Å². The van der Waals surface area contributed by atoms with Gasteiger partial charge in [-0.2, -0.15) is 0 Å². The first kappa shape index (κ1) is 27.4.